The molecule has 0 aliphatic carbocycles. The lowest BCUT2D eigenvalue weighted by Crippen LogP contribution is -2.50. The summed E-state index contributed by atoms with van der Waals surface area (Å²) in [6, 6.07) is -0.290. The van der Waals surface area contributed by atoms with Crippen molar-refractivity contribution in [2.24, 2.45) is 0 Å². The second-order valence-electron chi connectivity index (χ2n) is 6.19. The van der Waals surface area contributed by atoms with E-state index in [-0.39, 0.29) is 17.4 Å². The van der Waals surface area contributed by atoms with Crippen LogP contribution in [0.1, 0.15) is 38.1 Å². The van der Waals surface area contributed by atoms with Crippen molar-refractivity contribution in [1.82, 2.24) is 20.2 Å². The summed E-state index contributed by atoms with van der Waals surface area (Å²) >= 11 is 12.0. The van der Waals surface area contributed by atoms with Crippen molar-refractivity contribution >= 4 is 29.3 Å². The molecule has 2 heterocycles. The summed E-state index contributed by atoms with van der Waals surface area (Å²) in [4.78, 5) is 22.3. The van der Waals surface area contributed by atoms with Gasteiger partial charge in [-0.2, -0.15) is 0 Å². The first kappa shape index (κ1) is 17.2. The van der Waals surface area contributed by atoms with Crippen molar-refractivity contribution in [2.45, 2.75) is 39.3 Å². The minimum absolute atomic E-state index is 0.0697. The molecule has 1 aromatic rings. The van der Waals surface area contributed by atoms with Crippen LogP contribution in [0, 0.1) is 6.92 Å². The smallest absolute Gasteiger partial charge is 0.410 e. The van der Waals surface area contributed by atoms with Crippen molar-refractivity contribution in [3.05, 3.63) is 21.7 Å². The highest BCUT2D eigenvalue weighted by Crippen LogP contribution is 2.29. The lowest BCUT2D eigenvalue weighted by Gasteiger charge is -2.37. The largest absolute Gasteiger partial charge is 0.444 e. The molecule has 1 saturated heterocycles. The van der Waals surface area contributed by atoms with Crippen molar-refractivity contribution in [1.29, 1.82) is 0 Å². The number of nitrogens with one attached hydrogen (secondary N) is 1. The van der Waals surface area contributed by atoms with Gasteiger partial charge in [-0.05, 0) is 39.3 Å². The monoisotopic (exact) mass is 346 g/mol. The molecule has 122 valence electrons. The summed E-state index contributed by atoms with van der Waals surface area (Å²) in [5.41, 5.74) is 0.805. The molecule has 22 heavy (non-hydrogen) atoms. The fraction of sp³-hybridized carbons (Fsp3) is 0.643. The van der Waals surface area contributed by atoms with Gasteiger partial charge in [0.25, 0.3) is 0 Å². The molecule has 1 aromatic heterocycles. The molecule has 0 radical (unpaired) electrons. The molecule has 1 atom stereocenters. The SMILES string of the molecule is Cc1c(Cl)nc(Cl)nc1C1CNCCN1C(=O)OC(C)(C)C. The van der Waals surface area contributed by atoms with Gasteiger partial charge in [-0.3, -0.25) is 4.90 Å². The van der Waals surface area contributed by atoms with Gasteiger partial charge in [-0.1, -0.05) is 11.6 Å². The molecule has 1 amide bonds. The van der Waals surface area contributed by atoms with E-state index in [1.807, 2.05) is 27.7 Å². The number of rotatable bonds is 1. The Bertz CT molecular complexity index is 575. The second kappa shape index (κ2) is 6.56. The molecule has 8 heteroatoms. The van der Waals surface area contributed by atoms with Gasteiger partial charge in [0, 0.05) is 25.2 Å². The van der Waals surface area contributed by atoms with E-state index in [0.29, 0.717) is 36.0 Å². The highest BCUT2D eigenvalue weighted by atomic mass is 35.5. The Hall–Kier alpha value is -1.11. The van der Waals surface area contributed by atoms with E-state index in [9.17, 15) is 4.79 Å². The summed E-state index contributed by atoms with van der Waals surface area (Å²) < 4.78 is 5.48. The van der Waals surface area contributed by atoms with E-state index in [4.69, 9.17) is 27.9 Å². The van der Waals surface area contributed by atoms with Crippen LogP contribution in [0.5, 0.6) is 0 Å². The van der Waals surface area contributed by atoms with Crippen LogP contribution in [-0.4, -0.2) is 46.2 Å². The Morgan fingerprint density at radius 3 is 2.68 bits per heavy atom. The van der Waals surface area contributed by atoms with Crippen LogP contribution in [0.2, 0.25) is 10.4 Å². The highest BCUT2D eigenvalue weighted by molar-refractivity contribution is 6.32. The fourth-order valence-electron chi connectivity index (χ4n) is 2.29. The number of aromatic nitrogens is 2. The third kappa shape index (κ3) is 4.00. The topological polar surface area (TPSA) is 67.4 Å². The highest BCUT2D eigenvalue weighted by Gasteiger charge is 2.33. The van der Waals surface area contributed by atoms with Crippen molar-refractivity contribution in [3.8, 4) is 0 Å². The Labute approximate surface area is 140 Å². The third-order valence-electron chi connectivity index (χ3n) is 3.28. The molecule has 0 bridgehead atoms. The summed E-state index contributed by atoms with van der Waals surface area (Å²) in [5.74, 6) is 0. The number of nitrogens with zero attached hydrogens (tertiary/aromatic N) is 3. The zero-order valence-electron chi connectivity index (χ0n) is 13.1. The third-order valence-corrected chi connectivity index (χ3v) is 3.82. The van der Waals surface area contributed by atoms with Gasteiger partial charge >= 0.3 is 6.09 Å². The summed E-state index contributed by atoms with van der Waals surface area (Å²) in [6.07, 6.45) is -0.371. The molecule has 2 rings (SSSR count). The first-order valence-corrected chi connectivity index (χ1v) is 7.84. The van der Waals surface area contributed by atoms with Crippen LogP contribution < -0.4 is 5.32 Å². The van der Waals surface area contributed by atoms with Crippen molar-refractivity contribution in [2.75, 3.05) is 19.6 Å². The predicted molar refractivity (Wildman–Crippen MR) is 85.3 cm³/mol. The zero-order valence-corrected chi connectivity index (χ0v) is 14.6. The first-order chi connectivity index (χ1) is 10.2. The number of hydrogen-bond donors (Lipinski definition) is 1. The van der Waals surface area contributed by atoms with Crippen LogP contribution in [0.3, 0.4) is 0 Å². The Morgan fingerprint density at radius 2 is 2.05 bits per heavy atom. The second-order valence-corrected chi connectivity index (χ2v) is 6.88. The maximum Gasteiger partial charge on any atom is 0.410 e. The van der Waals surface area contributed by atoms with Crippen molar-refractivity contribution in [3.63, 3.8) is 0 Å². The van der Waals surface area contributed by atoms with Gasteiger partial charge < -0.3 is 10.1 Å². The number of amides is 1. The molecule has 1 aliphatic rings. The maximum absolute atomic E-state index is 12.4. The number of piperazine rings is 1. The summed E-state index contributed by atoms with van der Waals surface area (Å²) in [7, 11) is 0. The van der Waals surface area contributed by atoms with Crippen LogP contribution in [-0.2, 0) is 4.74 Å². The van der Waals surface area contributed by atoms with Crippen LogP contribution in [0.4, 0.5) is 4.79 Å². The number of ether oxygens (including phenoxy) is 1. The molecular weight excluding hydrogens is 327 g/mol. The van der Waals surface area contributed by atoms with Crippen LogP contribution in [0.25, 0.3) is 0 Å². The zero-order chi connectivity index (χ0) is 16.5. The summed E-state index contributed by atoms with van der Waals surface area (Å²) in [5, 5.41) is 3.62. The molecule has 0 saturated carbocycles. The number of carbonyl (C=O) groups excluding carboxylic acids is 1. The number of halogens is 2. The molecule has 0 spiro atoms. The van der Waals surface area contributed by atoms with E-state index in [1.54, 1.807) is 4.90 Å². The minimum atomic E-state index is -0.553. The predicted octanol–water partition coefficient (Wildman–Crippen LogP) is 2.97. The van der Waals surface area contributed by atoms with Gasteiger partial charge in [0.15, 0.2) is 0 Å². The lowest BCUT2D eigenvalue weighted by molar-refractivity contribution is 0.0112. The van der Waals surface area contributed by atoms with Gasteiger partial charge in [0.2, 0.25) is 5.28 Å². The standard InChI is InChI=1S/C14H20Cl2N4O2/c1-8-10(18-12(16)19-11(8)15)9-7-17-5-6-20(9)13(21)22-14(2,3)4/h9,17H,5-7H2,1-4H3. The summed E-state index contributed by atoms with van der Waals surface area (Å²) in [6.45, 7) is 9.11. The quantitative estimate of drug-likeness (QED) is 0.625. The first-order valence-electron chi connectivity index (χ1n) is 7.09. The van der Waals surface area contributed by atoms with E-state index < -0.39 is 5.60 Å². The molecule has 1 aliphatic heterocycles. The molecule has 0 aromatic carbocycles. The maximum atomic E-state index is 12.4. The Morgan fingerprint density at radius 1 is 1.36 bits per heavy atom. The fourth-order valence-corrected chi connectivity index (χ4v) is 2.69. The normalized spacial score (nSPS) is 19.2. The molecule has 1 fully saturated rings. The number of carbonyl (C=O) groups is 1. The molecule has 1 N–H and O–H groups in total. The van der Waals surface area contributed by atoms with E-state index in [1.165, 1.54) is 0 Å². The van der Waals surface area contributed by atoms with Gasteiger partial charge in [-0.15, -0.1) is 0 Å². The average Bonchev–Trinajstić information content (AvgIpc) is 2.41. The van der Waals surface area contributed by atoms with Crippen molar-refractivity contribution < 1.29 is 9.53 Å². The van der Waals surface area contributed by atoms with E-state index in [2.05, 4.69) is 15.3 Å². The number of hydrogen-bond acceptors (Lipinski definition) is 5. The molecule has 1 unspecified atom stereocenters. The van der Waals surface area contributed by atoms with Gasteiger partial charge in [-0.25, -0.2) is 14.8 Å². The van der Waals surface area contributed by atoms with Crippen LogP contribution >= 0.6 is 23.2 Å². The minimum Gasteiger partial charge on any atom is -0.444 e. The Kier molecular flexibility index (Phi) is 5.14. The van der Waals surface area contributed by atoms with Gasteiger partial charge in [0.05, 0.1) is 11.7 Å². The van der Waals surface area contributed by atoms with Crippen LogP contribution in [0.15, 0.2) is 0 Å². The molecular formula is C14H20Cl2N4O2. The molecule has 6 nitrogen and oxygen atoms in total. The van der Waals surface area contributed by atoms with Gasteiger partial charge in [0.1, 0.15) is 10.8 Å². The Balaban J connectivity index is 2.33. The lowest BCUT2D eigenvalue weighted by atomic mass is 10.1. The van der Waals surface area contributed by atoms with E-state index >= 15 is 0 Å². The van der Waals surface area contributed by atoms with E-state index in [0.717, 1.165) is 0 Å². The average molecular weight is 347 g/mol.